The highest BCUT2D eigenvalue weighted by atomic mass is 16.5. The van der Waals surface area contributed by atoms with Gasteiger partial charge in [-0.2, -0.15) is 0 Å². The SMILES string of the molecule is CCC(C)(C)c1cc(C(C)(C)C)cc(Cc2cc(C(C)(C)C)cc(CC(C)(C)C)c2OCCNCCC(C)(C)N)c1OC. The number of ether oxygens (including phenoxy) is 2. The first-order valence-corrected chi connectivity index (χ1v) is 16.5. The highest BCUT2D eigenvalue weighted by Crippen LogP contribution is 2.43. The van der Waals surface area contributed by atoms with Gasteiger partial charge in [0.2, 0.25) is 0 Å². The Labute approximate surface area is 265 Å². The molecule has 0 aromatic heterocycles. The van der Waals surface area contributed by atoms with E-state index in [2.05, 4.69) is 127 Å². The first-order chi connectivity index (χ1) is 19.5. The molecule has 0 saturated carbocycles. The van der Waals surface area contributed by atoms with Gasteiger partial charge >= 0.3 is 0 Å². The highest BCUT2D eigenvalue weighted by Gasteiger charge is 2.29. The number of rotatable bonds is 13. The van der Waals surface area contributed by atoms with Crippen molar-refractivity contribution in [3.8, 4) is 11.5 Å². The second kappa shape index (κ2) is 13.9. The van der Waals surface area contributed by atoms with E-state index in [-0.39, 0.29) is 27.2 Å². The van der Waals surface area contributed by atoms with Gasteiger partial charge in [0.05, 0.1) is 7.11 Å². The van der Waals surface area contributed by atoms with Crippen molar-refractivity contribution in [2.75, 3.05) is 26.8 Å². The van der Waals surface area contributed by atoms with Crippen LogP contribution in [0.3, 0.4) is 0 Å². The predicted octanol–water partition coefficient (Wildman–Crippen LogP) is 9.25. The summed E-state index contributed by atoms with van der Waals surface area (Å²) in [5.74, 6) is 2.04. The standard InChI is InChI=1S/C39H66N2O2/c1-16-38(11,12)32-25-31(37(8,9)10)23-28(34(32)42-15)21-27-22-30(36(5,6)7)24-29(26-35(2,3)4)33(27)43-20-19-41-18-17-39(13,14)40/h22-25,41H,16-21,26,40H2,1-15H3. The van der Waals surface area contributed by atoms with Crippen LogP contribution in [-0.4, -0.2) is 32.3 Å². The molecule has 4 heteroatoms. The summed E-state index contributed by atoms with van der Waals surface area (Å²) in [7, 11) is 1.83. The van der Waals surface area contributed by atoms with Gasteiger partial charge in [0, 0.05) is 24.1 Å². The van der Waals surface area contributed by atoms with E-state index < -0.39 is 0 Å². The maximum atomic E-state index is 6.74. The van der Waals surface area contributed by atoms with Crippen LogP contribution in [0.4, 0.5) is 0 Å². The van der Waals surface area contributed by atoms with Gasteiger partial charge in [-0.15, -0.1) is 0 Å². The molecule has 0 heterocycles. The van der Waals surface area contributed by atoms with Gasteiger partial charge < -0.3 is 20.5 Å². The van der Waals surface area contributed by atoms with Crippen molar-refractivity contribution in [1.82, 2.24) is 5.32 Å². The average molecular weight is 595 g/mol. The van der Waals surface area contributed by atoms with Gasteiger partial charge in [-0.25, -0.2) is 0 Å². The monoisotopic (exact) mass is 595 g/mol. The minimum atomic E-state index is -0.171. The number of hydrogen-bond donors (Lipinski definition) is 2. The molecule has 244 valence electrons. The molecule has 0 aliphatic rings. The summed E-state index contributed by atoms with van der Waals surface area (Å²) in [4.78, 5) is 0. The molecule has 0 spiro atoms. The Morgan fingerprint density at radius 1 is 0.698 bits per heavy atom. The second-order valence-electron chi connectivity index (χ2n) is 17.3. The predicted molar refractivity (Wildman–Crippen MR) is 187 cm³/mol. The van der Waals surface area contributed by atoms with Gasteiger partial charge in [0.25, 0.3) is 0 Å². The molecule has 0 bridgehead atoms. The molecule has 4 nitrogen and oxygen atoms in total. The lowest BCUT2D eigenvalue weighted by Gasteiger charge is -2.31. The van der Waals surface area contributed by atoms with Crippen molar-refractivity contribution in [2.24, 2.45) is 11.1 Å². The molecule has 0 aliphatic heterocycles. The molecule has 2 rings (SSSR count). The number of methoxy groups -OCH3 is 1. The zero-order valence-electron chi connectivity index (χ0n) is 30.7. The van der Waals surface area contributed by atoms with Gasteiger partial charge in [-0.3, -0.25) is 0 Å². The van der Waals surface area contributed by atoms with Crippen molar-refractivity contribution >= 4 is 0 Å². The van der Waals surface area contributed by atoms with Gasteiger partial charge in [0.1, 0.15) is 18.1 Å². The molecule has 2 aromatic rings. The van der Waals surface area contributed by atoms with Crippen LogP contribution in [0, 0.1) is 5.41 Å². The maximum Gasteiger partial charge on any atom is 0.126 e. The van der Waals surface area contributed by atoms with Crippen molar-refractivity contribution in [3.63, 3.8) is 0 Å². The Morgan fingerprint density at radius 2 is 1.21 bits per heavy atom. The normalized spacial score (nSPS) is 13.4. The fourth-order valence-electron chi connectivity index (χ4n) is 5.36. The molecule has 43 heavy (non-hydrogen) atoms. The minimum absolute atomic E-state index is 0.00486. The number of benzene rings is 2. The Bertz CT molecular complexity index is 1200. The first-order valence-electron chi connectivity index (χ1n) is 16.5. The van der Waals surface area contributed by atoms with Crippen LogP contribution < -0.4 is 20.5 Å². The minimum Gasteiger partial charge on any atom is -0.496 e. The van der Waals surface area contributed by atoms with E-state index in [1.807, 2.05) is 7.11 Å². The number of hydrogen-bond acceptors (Lipinski definition) is 4. The lowest BCUT2D eigenvalue weighted by atomic mass is 9.75. The smallest absolute Gasteiger partial charge is 0.126 e. The van der Waals surface area contributed by atoms with E-state index in [1.165, 1.54) is 33.4 Å². The van der Waals surface area contributed by atoms with Crippen LogP contribution in [0.2, 0.25) is 0 Å². The topological polar surface area (TPSA) is 56.5 Å². The van der Waals surface area contributed by atoms with Crippen molar-refractivity contribution in [2.45, 2.75) is 144 Å². The van der Waals surface area contributed by atoms with Crippen LogP contribution in [-0.2, 0) is 29.1 Å². The van der Waals surface area contributed by atoms with E-state index >= 15 is 0 Å². The second-order valence-corrected chi connectivity index (χ2v) is 17.3. The van der Waals surface area contributed by atoms with Crippen molar-refractivity contribution in [1.29, 1.82) is 0 Å². The Kier molecular flexibility index (Phi) is 12.0. The lowest BCUT2D eigenvalue weighted by Crippen LogP contribution is -2.36. The molecule has 0 unspecified atom stereocenters. The summed E-state index contributed by atoms with van der Waals surface area (Å²) in [6.07, 6.45) is 3.66. The quantitative estimate of drug-likeness (QED) is 0.227. The summed E-state index contributed by atoms with van der Waals surface area (Å²) < 4.78 is 13.0. The summed E-state index contributed by atoms with van der Waals surface area (Å²) in [5, 5.41) is 3.53. The molecule has 0 atom stereocenters. The molecule has 0 saturated heterocycles. The molecule has 2 aromatic carbocycles. The third-order valence-corrected chi connectivity index (χ3v) is 8.53. The largest absolute Gasteiger partial charge is 0.496 e. The lowest BCUT2D eigenvalue weighted by molar-refractivity contribution is 0.299. The summed E-state index contributed by atoms with van der Waals surface area (Å²) in [6.45, 7) is 34.1. The third kappa shape index (κ3) is 11.1. The molecular weight excluding hydrogens is 528 g/mol. The highest BCUT2D eigenvalue weighted by molar-refractivity contribution is 5.55. The maximum absolute atomic E-state index is 6.74. The number of nitrogens with two attached hydrogens (primary N) is 1. The van der Waals surface area contributed by atoms with E-state index in [9.17, 15) is 0 Å². The average Bonchev–Trinajstić information content (AvgIpc) is 2.83. The van der Waals surface area contributed by atoms with E-state index in [4.69, 9.17) is 15.2 Å². The molecule has 0 radical (unpaired) electrons. The van der Waals surface area contributed by atoms with E-state index in [0.717, 1.165) is 50.3 Å². The molecule has 0 aliphatic carbocycles. The molecular formula is C39H66N2O2. The summed E-state index contributed by atoms with van der Waals surface area (Å²) in [6, 6.07) is 9.54. The van der Waals surface area contributed by atoms with Crippen molar-refractivity contribution < 1.29 is 9.47 Å². The zero-order valence-corrected chi connectivity index (χ0v) is 30.7. The van der Waals surface area contributed by atoms with Crippen molar-refractivity contribution in [3.05, 3.63) is 57.6 Å². The Hall–Kier alpha value is -2.04. The van der Waals surface area contributed by atoms with Crippen LogP contribution in [0.25, 0.3) is 0 Å². The van der Waals surface area contributed by atoms with E-state index in [1.54, 1.807) is 0 Å². The fourth-order valence-corrected chi connectivity index (χ4v) is 5.36. The Morgan fingerprint density at radius 3 is 1.67 bits per heavy atom. The zero-order chi connectivity index (χ0) is 33.0. The fraction of sp³-hybridized carbons (Fsp3) is 0.692. The summed E-state index contributed by atoms with van der Waals surface area (Å²) in [5.41, 5.74) is 13.9. The van der Waals surface area contributed by atoms with Crippen LogP contribution in [0.15, 0.2) is 24.3 Å². The van der Waals surface area contributed by atoms with Gasteiger partial charge in [-0.05, 0) is 89.1 Å². The molecule has 3 N–H and O–H groups in total. The van der Waals surface area contributed by atoms with Crippen LogP contribution >= 0.6 is 0 Å². The van der Waals surface area contributed by atoms with Gasteiger partial charge in [0.15, 0.2) is 0 Å². The number of nitrogens with one attached hydrogen (secondary N) is 1. The van der Waals surface area contributed by atoms with Gasteiger partial charge in [-0.1, -0.05) is 107 Å². The summed E-state index contributed by atoms with van der Waals surface area (Å²) >= 11 is 0. The van der Waals surface area contributed by atoms with E-state index in [0.29, 0.717) is 6.61 Å². The Balaban J connectivity index is 2.73. The van der Waals surface area contributed by atoms with Crippen LogP contribution in [0.5, 0.6) is 11.5 Å². The molecule has 0 fully saturated rings. The van der Waals surface area contributed by atoms with Crippen LogP contribution in [0.1, 0.15) is 143 Å². The third-order valence-electron chi connectivity index (χ3n) is 8.53. The first kappa shape index (κ1) is 37.1. The molecule has 0 amide bonds.